The molecule has 0 bridgehead atoms. The minimum Gasteiger partial charge on any atom is -0.462 e. The molecule has 0 aromatic heterocycles. The summed E-state index contributed by atoms with van der Waals surface area (Å²) in [5.41, 5.74) is -2.71. The maximum Gasteiger partial charge on any atom is 0.460 e. The number of esters is 1. The van der Waals surface area contributed by atoms with Crippen molar-refractivity contribution in [2.75, 3.05) is 6.61 Å². The van der Waals surface area contributed by atoms with Crippen molar-refractivity contribution in [3.63, 3.8) is 0 Å². The van der Waals surface area contributed by atoms with Crippen LogP contribution in [0.4, 0.5) is 57.1 Å². The molecular formula is C19H17F13O2. The predicted molar refractivity (Wildman–Crippen MR) is 90.6 cm³/mol. The summed E-state index contributed by atoms with van der Waals surface area (Å²) < 4.78 is 176. The Bertz CT molecular complexity index is 830. The maximum absolute atomic E-state index is 14.1. The summed E-state index contributed by atoms with van der Waals surface area (Å²) in [7, 11) is 0. The fourth-order valence-electron chi connectivity index (χ4n) is 2.54. The molecule has 0 aliphatic heterocycles. The van der Waals surface area contributed by atoms with Crippen LogP contribution in [0.1, 0.15) is 48.5 Å². The zero-order valence-corrected chi connectivity index (χ0v) is 17.1. The van der Waals surface area contributed by atoms with Crippen LogP contribution in [0.3, 0.4) is 0 Å². The molecule has 0 heterocycles. The summed E-state index contributed by atoms with van der Waals surface area (Å²) >= 11 is 0. The lowest BCUT2D eigenvalue weighted by Gasteiger charge is -2.39. The maximum atomic E-state index is 14.1. The normalized spacial score (nSPS) is 14.3. The molecule has 0 amide bonds. The lowest BCUT2D eigenvalue weighted by Crippen LogP contribution is -2.69. The number of benzene rings is 1. The number of carbonyl (C=O) groups is 1. The molecule has 196 valence electrons. The van der Waals surface area contributed by atoms with Crippen molar-refractivity contribution >= 4 is 5.97 Å². The van der Waals surface area contributed by atoms with Crippen molar-refractivity contribution in [3.05, 3.63) is 35.4 Å². The van der Waals surface area contributed by atoms with Gasteiger partial charge < -0.3 is 4.74 Å². The number of unbranched alkanes of at least 4 members (excludes halogenated alkanes) is 3. The van der Waals surface area contributed by atoms with Crippen LogP contribution in [0.5, 0.6) is 0 Å². The molecular weight excluding hydrogens is 507 g/mol. The molecule has 0 unspecified atom stereocenters. The van der Waals surface area contributed by atoms with Crippen molar-refractivity contribution < 1.29 is 66.6 Å². The Morgan fingerprint density at radius 3 is 1.59 bits per heavy atom. The van der Waals surface area contributed by atoms with Gasteiger partial charge in [-0.1, -0.05) is 38.3 Å². The highest BCUT2D eigenvalue weighted by atomic mass is 19.4. The lowest BCUT2D eigenvalue weighted by molar-refractivity contribution is -0.441. The number of rotatable bonds is 11. The molecule has 1 rings (SSSR count). The van der Waals surface area contributed by atoms with E-state index in [9.17, 15) is 61.9 Å². The Morgan fingerprint density at radius 2 is 1.15 bits per heavy atom. The molecule has 1 aromatic rings. The average Bonchev–Trinajstić information content (AvgIpc) is 2.72. The molecule has 0 radical (unpaired) electrons. The van der Waals surface area contributed by atoms with Crippen LogP contribution in [0.15, 0.2) is 24.3 Å². The lowest BCUT2D eigenvalue weighted by atomic mass is 9.90. The first-order valence-corrected chi connectivity index (χ1v) is 9.43. The smallest absolute Gasteiger partial charge is 0.460 e. The number of halogens is 13. The van der Waals surface area contributed by atoms with E-state index >= 15 is 0 Å². The van der Waals surface area contributed by atoms with Crippen LogP contribution < -0.4 is 0 Å². The van der Waals surface area contributed by atoms with Crippen LogP contribution in [0.25, 0.3) is 0 Å². The fourth-order valence-corrected chi connectivity index (χ4v) is 2.54. The monoisotopic (exact) mass is 524 g/mol. The van der Waals surface area contributed by atoms with Crippen LogP contribution in [-0.4, -0.2) is 42.4 Å². The van der Waals surface area contributed by atoms with Gasteiger partial charge in [-0.25, -0.2) is 4.79 Å². The first kappa shape index (κ1) is 29.8. The topological polar surface area (TPSA) is 26.3 Å². The third kappa shape index (κ3) is 5.07. The molecule has 34 heavy (non-hydrogen) atoms. The number of alkyl halides is 13. The Labute approximate surface area is 184 Å². The summed E-state index contributed by atoms with van der Waals surface area (Å²) in [5.74, 6) is -38.6. The minimum atomic E-state index is -7.97. The number of hydrogen-bond donors (Lipinski definition) is 0. The van der Waals surface area contributed by atoms with Crippen LogP contribution in [-0.2, 0) is 10.7 Å². The van der Waals surface area contributed by atoms with E-state index in [-0.39, 0.29) is 18.7 Å². The summed E-state index contributed by atoms with van der Waals surface area (Å²) in [6, 6.07) is 0.567. The Kier molecular flexibility index (Phi) is 8.59. The highest BCUT2D eigenvalue weighted by molar-refractivity contribution is 5.89. The number of carbonyl (C=O) groups excluding carboxylic acids is 1. The molecule has 0 atom stereocenters. The Morgan fingerprint density at radius 1 is 0.676 bits per heavy atom. The second kappa shape index (κ2) is 9.80. The summed E-state index contributed by atoms with van der Waals surface area (Å²) in [6.07, 6.45) is -4.70. The van der Waals surface area contributed by atoms with Crippen molar-refractivity contribution in [1.82, 2.24) is 0 Å². The number of hydrogen-bond acceptors (Lipinski definition) is 2. The predicted octanol–water partition coefficient (Wildman–Crippen LogP) is 7.62. The summed E-state index contributed by atoms with van der Waals surface area (Å²) in [5, 5.41) is 0. The summed E-state index contributed by atoms with van der Waals surface area (Å²) in [6.45, 7) is 1.79. The third-order valence-corrected chi connectivity index (χ3v) is 4.65. The largest absolute Gasteiger partial charge is 0.462 e. The molecule has 0 saturated carbocycles. The standard InChI is InChI=1S/C19H17F13O2/c1-2-3-4-5-10-34-13(33)11-6-8-12(9-7-11)14(20,21)15(22,23)16(24,25)17(26,27)18(28,29)19(30,31)32/h6-9H,2-5,10H2,1H3. The van der Waals surface area contributed by atoms with E-state index in [0.29, 0.717) is 25.0 Å². The van der Waals surface area contributed by atoms with Gasteiger partial charge >= 0.3 is 41.8 Å². The first-order chi connectivity index (χ1) is 15.2. The fraction of sp³-hybridized carbons (Fsp3) is 0.632. The average molecular weight is 524 g/mol. The summed E-state index contributed by atoms with van der Waals surface area (Å²) in [4.78, 5) is 11.8. The molecule has 2 nitrogen and oxygen atoms in total. The quantitative estimate of drug-likeness (QED) is 0.169. The zero-order valence-electron chi connectivity index (χ0n) is 17.1. The van der Waals surface area contributed by atoms with Gasteiger partial charge in [0.25, 0.3) is 0 Å². The van der Waals surface area contributed by atoms with E-state index in [1.807, 2.05) is 6.92 Å². The Hall–Kier alpha value is -2.22. The molecule has 1 aromatic carbocycles. The SMILES string of the molecule is CCCCCCOC(=O)c1ccc(C(F)(F)C(F)(F)C(F)(F)C(F)(F)C(F)(F)C(F)(F)F)cc1. The van der Waals surface area contributed by atoms with E-state index in [1.165, 1.54) is 0 Å². The van der Waals surface area contributed by atoms with Gasteiger partial charge in [-0.05, 0) is 18.6 Å². The van der Waals surface area contributed by atoms with Crippen molar-refractivity contribution in [2.45, 2.75) is 68.4 Å². The van der Waals surface area contributed by atoms with Crippen LogP contribution in [0, 0.1) is 0 Å². The van der Waals surface area contributed by atoms with Gasteiger partial charge in [0.05, 0.1) is 12.2 Å². The van der Waals surface area contributed by atoms with Gasteiger partial charge in [0.1, 0.15) is 0 Å². The molecule has 0 fully saturated rings. The second-order valence-electron chi connectivity index (χ2n) is 7.14. The van der Waals surface area contributed by atoms with Gasteiger partial charge in [0, 0.05) is 5.56 Å². The number of ether oxygens (including phenoxy) is 1. The highest BCUT2D eigenvalue weighted by Gasteiger charge is 2.90. The van der Waals surface area contributed by atoms with E-state index in [4.69, 9.17) is 4.74 Å². The van der Waals surface area contributed by atoms with E-state index in [2.05, 4.69) is 0 Å². The Balaban J connectivity index is 3.21. The van der Waals surface area contributed by atoms with E-state index in [0.717, 1.165) is 12.8 Å². The van der Waals surface area contributed by atoms with Gasteiger partial charge in [0.2, 0.25) is 0 Å². The zero-order chi connectivity index (χ0) is 26.8. The van der Waals surface area contributed by atoms with Crippen LogP contribution >= 0.6 is 0 Å². The molecule has 0 N–H and O–H groups in total. The van der Waals surface area contributed by atoms with Crippen molar-refractivity contribution in [2.24, 2.45) is 0 Å². The van der Waals surface area contributed by atoms with E-state index < -0.39 is 52.9 Å². The molecule has 0 aliphatic rings. The first-order valence-electron chi connectivity index (χ1n) is 9.43. The molecule has 15 heteroatoms. The van der Waals surface area contributed by atoms with E-state index in [1.54, 1.807) is 0 Å². The third-order valence-electron chi connectivity index (χ3n) is 4.65. The van der Waals surface area contributed by atoms with Crippen LogP contribution in [0.2, 0.25) is 0 Å². The van der Waals surface area contributed by atoms with Gasteiger partial charge in [0.15, 0.2) is 0 Å². The van der Waals surface area contributed by atoms with Gasteiger partial charge in [-0.2, -0.15) is 57.1 Å². The van der Waals surface area contributed by atoms with Gasteiger partial charge in [-0.15, -0.1) is 0 Å². The second-order valence-corrected chi connectivity index (χ2v) is 7.14. The highest BCUT2D eigenvalue weighted by Crippen LogP contribution is 2.62. The van der Waals surface area contributed by atoms with Crippen molar-refractivity contribution in [1.29, 1.82) is 0 Å². The van der Waals surface area contributed by atoms with Gasteiger partial charge in [-0.3, -0.25) is 0 Å². The molecule has 0 aliphatic carbocycles. The van der Waals surface area contributed by atoms with Crippen molar-refractivity contribution in [3.8, 4) is 0 Å². The molecule has 0 spiro atoms. The molecule has 0 saturated heterocycles. The minimum absolute atomic E-state index is 0.0856.